The summed E-state index contributed by atoms with van der Waals surface area (Å²) in [6, 6.07) is 9.90. The molecule has 3 heterocycles. The van der Waals surface area contributed by atoms with Crippen molar-refractivity contribution in [3.05, 3.63) is 60.7 Å². The fraction of sp³-hybridized carbons (Fsp3) is 0.238. The maximum absolute atomic E-state index is 11.2. The number of nitrogens with one attached hydrogen (secondary N) is 1. The number of anilines is 2. The summed E-state index contributed by atoms with van der Waals surface area (Å²) < 4.78 is 8.95. The zero-order valence-electron chi connectivity index (χ0n) is 17.0. The molecular formula is C21H23N7O2. The average Bonchev–Trinajstić information content (AvgIpc) is 3.27. The van der Waals surface area contributed by atoms with Crippen molar-refractivity contribution in [3.63, 3.8) is 0 Å². The first-order valence-corrected chi connectivity index (χ1v) is 9.47. The summed E-state index contributed by atoms with van der Waals surface area (Å²) in [5, 5.41) is 8.35. The minimum atomic E-state index is -0.778. The highest BCUT2D eigenvalue weighted by Crippen LogP contribution is 2.27. The number of amides is 1. The predicted octanol–water partition coefficient (Wildman–Crippen LogP) is 3.31. The molecule has 4 aromatic rings. The van der Waals surface area contributed by atoms with Gasteiger partial charge in [0, 0.05) is 37.4 Å². The third-order valence-electron chi connectivity index (χ3n) is 4.66. The van der Waals surface area contributed by atoms with Crippen LogP contribution in [0, 0.1) is 0 Å². The van der Waals surface area contributed by atoms with Crippen molar-refractivity contribution in [1.82, 2.24) is 24.3 Å². The van der Waals surface area contributed by atoms with Crippen LogP contribution in [0.4, 0.5) is 16.4 Å². The van der Waals surface area contributed by atoms with E-state index in [0.29, 0.717) is 12.4 Å². The summed E-state index contributed by atoms with van der Waals surface area (Å²) >= 11 is 0. The Hall–Kier alpha value is -3.88. The van der Waals surface area contributed by atoms with E-state index in [4.69, 9.17) is 10.5 Å². The van der Waals surface area contributed by atoms with E-state index in [2.05, 4.69) is 20.4 Å². The van der Waals surface area contributed by atoms with Crippen molar-refractivity contribution >= 4 is 28.6 Å². The van der Waals surface area contributed by atoms with Gasteiger partial charge in [0.15, 0.2) is 0 Å². The van der Waals surface area contributed by atoms with Crippen LogP contribution in [-0.2, 0) is 18.2 Å². The van der Waals surface area contributed by atoms with Gasteiger partial charge < -0.3 is 20.4 Å². The largest absolute Gasteiger partial charge is 0.443 e. The first kappa shape index (κ1) is 19.4. The third-order valence-corrected chi connectivity index (χ3v) is 4.66. The lowest BCUT2D eigenvalue weighted by Crippen LogP contribution is -2.33. The monoisotopic (exact) mass is 405 g/mol. The maximum Gasteiger partial charge on any atom is 0.405 e. The number of carbonyl (C=O) groups is 1. The Morgan fingerprint density at radius 1 is 1.27 bits per heavy atom. The first-order chi connectivity index (χ1) is 14.3. The molecule has 0 bridgehead atoms. The summed E-state index contributed by atoms with van der Waals surface area (Å²) in [6.07, 6.45) is 6.99. The molecule has 0 saturated carbocycles. The van der Waals surface area contributed by atoms with Crippen molar-refractivity contribution in [2.75, 3.05) is 5.32 Å². The molecule has 0 radical (unpaired) electrons. The van der Waals surface area contributed by atoms with Crippen LogP contribution in [0.1, 0.15) is 19.4 Å². The number of rotatable bonds is 6. The molecule has 0 unspecified atom stereocenters. The molecule has 0 saturated heterocycles. The zero-order valence-corrected chi connectivity index (χ0v) is 17.0. The Labute approximate surface area is 173 Å². The van der Waals surface area contributed by atoms with E-state index in [1.807, 2.05) is 68.2 Å². The molecule has 154 valence electrons. The third kappa shape index (κ3) is 4.09. The maximum atomic E-state index is 11.2. The molecule has 30 heavy (non-hydrogen) atoms. The second-order valence-corrected chi connectivity index (χ2v) is 7.66. The summed E-state index contributed by atoms with van der Waals surface area (Å²) in [7, 11) is 1.85. The molecular weight excluding hydrogens is 382 g/mol. The summed E-state index contributed by atoms with van der Waals surface area (Å²) in [5.41, 5.74) is 7.36. The van der Waals surface area contributed by atoms with Gasteiger partial charge in [-0.25, -0.2) is 9.78 Å². The molecule has 0 fully saturated rings. The smallest absolute Gasteiger partial charge is 0.405 e. The molecule has 1 aromatic carbocycles. The molecule has 9 nitrogen and oxygen atoms in total. The van der Waals surface area contributed by atoms with Crippen LogP contribution in [0.5, 0.6) is 0 Å². The summed E-state index contributed by atoms with van der Waals surface area (Å²) in [4.78, 5) is 20.1. The zero-order chi connectivity index (χ0) is 21.3. The molecule has 4 rings (SSSR count). The van der Waals surface area contributed by atoms with E-state index in [-0.39, 0.29) is 0 Å². The normalized spacial score (nSPS) is 11.6. The number of benzene rings is 1. The first-order valence-electron chi connectivity index (χ1n) is 9.47. The van der Waals surface area contributed by atoms with Crippen molar-refractivity contribution in [1.29, 1.82) is 0 Å². The lowest BCUT2D eigenvalue weighted by molar-refractivity contribution is 0.0463. The number of primary amides is 1. The highest BCUT2D eigenvalue weighted by Gasteiger charge is 2.23. The number of aryl methyl sites for hydroxylation is 1. The van der Waals surface area contributed by atoms with Crippen LogP contribution in [0.15, 0.2) is 55.1 Å². The van der Waals surface area contributed by atoms with Crippen molar-refractivity contribution in [2.45, 2.75) is 25.9 Å². The molecule has 0 atom stereocenters. The van der Waals surface area contributed by atoms with Gasteiger partial charge in [-0.1, -0.05) is 12.1 Å². The van der Waals surface area contributed by atoms with E-state index in [0.717, 1.165) is 28.0 Å². The van der Waals surface area contributed by atoms with Gasteiger partial charge in [0.25, 0.3) is 0 Å². The Morgan fingerprint density at radius 2 is 2.10 bits per heavy atom. The second kappa shape index (κ2) is 7.51. The van der Waals surface area contributed by atoms with Crippen molar-refractivity contribution < 1.29 is 9.53 Å². The number of nitrogens with two attached hydrogens (primary N) is 1. The second-order valence-electron chi connectivity index (χ2n) is 7.66. The van der Waals surface area contributed by atoms with Crippen molar-refractivity contribution in [2.24, 2.45) is 12.8 Å². The topological polar surface area (TPSA) is 113 Å². The Bertz CT molecular complexity index is 1210. The number of fused-ring (bicyclic) bond motifs is 1. The minimum Gasteiger partial charge on any atom is -0.443 e. The molecule has 0 aliphatic carbocycles. The SMILES string of the molecule is Cn1cc(Nc2nccc(-n3ccc4c(CC(C)(C)OC(N)=O)cccc43)n2)cn1. The average molecular weight is 405 g/mol. The van der Waals surface area contributed by atoms with Crippen LogP contribution in [0.3, 0.4) is 0 Å². The van der Waals surface area contributed by atoms with E-state index in [1.165, 1.54) is 0 Å². The van der Waals surface area contributed by atoms with Gasteiger partial charge in [0.2, 0.25) is 5.95 Å². The molecule has 9 heteroatoms. The van der Waals surface area contributed by atoms with Crippen LogP contribution in [-0.4, -0.2) is 36.0 Å². The summed E-state index contributed by atoms with van der Waals surface area (Å²) in [6.45, 7) is 3.68. The van der Waals surface area contributed by atoms with E-state index in [9.17, 15) is 4.79 Å². The van der Waals surface area contributed by atoms with Gasteiger partial charge in [-0.15, -0.1) is 0 Å². The molecule has 3 aromatic heterocycles. The number of nitrogens with zero attached hydrogens (tertiary/aromatic N) is 5. The number of carbonyl (C=O) groups excluding carboxylic acids is 1. The molecule has 0 aliphatic rings. The Morgan fingerprint density at radius 3 is 2.83 bits per heavy atom. The standard InChI is InChI=1S/C21H23N7O2/c1-21(2,30-19(22)29)11-14-5-4-6-17-16(14)8-10-28(17)18-7-9-23-20(26-18)25-15-12-24-27(3)13-15/h4-10,12-13H,11H2,1-3H3,(H2,22,29)(H,23,25,26). The van der Waals surface area contributed by atoms with Gasteiger partial charge in [-0.05, 0) is 37.6 Å². The van der Waals surface area contributed by atoms with Crippen molar-refractivity contribution in [3.8, 4) is 5.82 Å². The number of ether oxygens (including phenoxy) is 1. The van der Waals surface area contributed by atoms with Gasteiger partial charge in [-0.2, -0.15) is 10.1 Å². The van der Waals surface area contributed by atoms with E-state index < -0.39 is 11.7 Å². The molecule has 3 N–H and O–H groups in total. The van der Waals surface area contributed by atoms with Gasteiger partial charge in [0.05, 0.1) is 17.4 Å². The Kier molecular flexibility index (Phi) is 4.86. The molecule has 0 aliphatic heterocycles. The molecule has 0 spiro atoms. The number of aromatic nitrogens is 5. The van der Waals surface area contributed by atoms with Gasteiger partial charge >= 0.3 is 6.09 Å². The van der Waals surface area contributed by atoms with Gasteiger partial charge in [0.1, 0.15) is 11.4 Å². The molecule has 1 amide bonds. The van der Waals surface area contributed by atoms with Gasteiger partial charge in [-0.3, -0.25) is 4.68 Å². The van der Waals surface area contributed by atoms with Crippen LogP contribution >= 0.6 is 0 Å². The lowest BCUT2D eigenvalue weighted by Gasteiger charge is -2.24. The summed E-state index contributed by atoms with van der Waals surface area (Å²) in [5.74, 6) is 1.21. The van der Waals surface area contributed by atoms with Crippen LogP contribution in [0.25, 0.3) is 16.7 Å². The van der Waals surface area contributed by atoms with Crippen LogP contribution < -0.4 is 11.1 Å². The highest BCUT2D eigenvalue weighted by atomic mass is 16.6. The number of hydrogen-bond donors (Lipinski definition) is 2. The van der Waals surface area contributed by atoms with E-state index >= 15 is 0 Å². The fourth-order valence-electron chi connectivity index (χ4n) is 3.51. The fourth-order valence-corrected chi connectivity index (χ4v) is 3.51. The predicted molar refractivity (Wildman–Crippen MR) is 114 cm³/mol. The quantitative estimate of drug-likeness (QED) is 0.509. The van der Waals surface area contributed by atoms with Crippen LogP contribution in [0.2, 0.25) is 0 Å². The Balaban J connectivity index is 1.66. The lowest BCUT2D eigenvalue weighted by atomic mass is 9.96. The van der Waals surface area contributed by atoms with E-state index in [1.54, 1.807) is 17.1 Å². The highest BCUT2D eigenvalue weighted by molar-refractivity contribution is 5.85. The minimum absolute atomic E-state index is 0.481. The number of hydrogen-bond acceptors (Lipinski definition) is 6.